The number of rotatable bonds is 8. The average molecular weight is 417 g/mol. The SMILES string of the molecule is CC(C)(Cc1cc2ccccc2[nH]1)NC[C@@H](O)[C@H]1CCCN1Cc1cccc(C#N)c1. The highest BCUT2D eigenvalue weighted by Gasteiger charge is 2.31. The Balaban J connectivity index is 1.34. The van der Waals surface area contributed by atoms with Crippen molar-refractivity contribution in [3.05, 3.63) is 71.4 Å². The van der Waals surface area contributed by atoms with Crippen LogP contribution >= 0.6 is 0 Å². The van der Waals surface area contributed by atoms with Crippen molar-refractivity contribution >= 4 is 10.9 Å². The fraction of sp³-hybridized carbons (Fsp3) is 0.423. The minimum Gasteiger partial charge on any atom is -0.390 e. The Morgan fingerprint density at radius 2 is 2.06 bits per heavy atom. The predicted octanol–water partition coefficient (Wildman–Crippen LogP) is 3.98. The number of nitrogens with one attached hydrogen (secondary N) is 2. The van der Waals surface area contributed by atoms with E-state index in [1.807, 2.05) is 24.3 Å². The molecular weight excluding hydrogens is 384 g/mol. The zero-order valence-electron chi connectivity index (χ0n) is 18.4. The largest absolute Gasteiger partial charge is 0.390 e. The van der Waals surface area contributed by atoms with E-state index < -0.39 is 6.10 Å². The van der Waals surface area contributed by atoms with Crippen molar-refractivity contribution in [2.75, 3.05) is 13.1 Å². The van der Waals surface area contributed by atoms with Crippen LogP contribution in [-0.2, 0) is 13.0 Å². The van der Waals surface area contributed by atoms with Gasteiger partial charge in [0.05, 0.1) is 17.7 Å². The topological polar surface area (TPSA) is 75.1 Å². The number of nitriles is 1. The highest BCUT2D eigenvalue weighted by atomic mass is 16.3. The number of aromatic amines is 1. The van der Waals surface area contributed by atoms with Gasteiger partial charge in [-0.2, -0.15) is 5.26 Å². The normalized spacial score (nSPS) is 18.3. The first-order valence-corrected chi connectivity index (χ1v) is 11.2. The number of H-pyrrole nitrogens is 1. The van der Waals surface area contributed by atoms with Crippen molar-refractivity contribution < 1.29 is 5.11 Å². The maximum atomic E-state index is 11.0. The zero-order chi connectivity index (χ0) is 21.8. The predicted molar refractivity (Wildman–Crippen MR) is 125 cm³/mol. The summed E-state index contributed by atoms with van der Waals surface area (Å²) in [4.78, 5) is 5.86. The molecule has 4 rings (SSSR count). The van der Waals surface area contributed by atoms with E-state index in [-0.39, 0.29) is 11.6 Å². The number of fused-ring (bicyclic) bond motifs is 1. The van der Waals surface area contributed by atoms with Crippen LogP contribution in [-0.4, -0.2) is 45.8 Å². The van der Waals surface area contributed by atoms with Crippen LogP contribution in [0.15, 0.2) is 54.6 Å². The van der Waals surface area contributed by atoms with Gasteiger partial charge in [0.1, 0.15) is 0 Å². The summed E-state index contributed by atoms with van der Waals surface area (Å²) in [5.41, 5.74) is 4.05. The lowest BCUT2D eigenvalue weighted by Gasteiger charge is -2.32. The molecule has 2 heterocycles. The van der Waals surface area contributed by atoms with Crippen LogP contribution in [0.1, 0.15) is 43.5 Å². The smallest absolute Gasteiger partial charge is 0.0991 e. The Morgan fingerprint density at radius 1 is 1.23 bits per heavy atom. The van der Waals surface area contributed by atoms with Crippen LogP contribution in [0, 0.1) is 11.3 Å². The van der Waals surface area contributed by atoms with Crippen LogP contribution in [0.5, 0.6) is 0 Å². The van der Waals surface area contributed by atoms with Gasteiger partial charge in [-0.1, -0.05) is 30.3 Å². The molecule has 5 heteroatoms. The van der Waals surface area contributed by atoms with Gasteiger partial charge >= 0.3 is 0 Å². The van der Waals surface area contributed by atoms with Gasteiger partial charge in [0.2, 0.25) is 0 Å². The first kappa shape index (κ1) is 21.6. The quantitative estimate of drug-likeness (QED) is 0.519. The number of benzene rings is 2. The van der Waals surface area contributed by atoms with E-state index in [0.29, 0.717) is 12.1 Å². The summed E-state index contributed by atoms with van der Waals surface area (Å²) in [6.45, 7) is 6.69. The number of likely N-dealkylation sites (tertiary alicyclic amines) is 1. The molecule has 0 spiro atoms. The van der Waals surface area contributed by atoms with Crippen LogP contribution in [0.2, 0.25) is 0 Å². The lowest BCUT2D eigenvalue weighted by atomic mass is 9.97. The van der Waals surface area contributed by atoms with E-state index >= 15 is 0 Å². The Hall–Kier alpha value is -2.65. The van der Waals surface area contributed by atoms with Crippen LogP contribution in [0.4, 0.5) is 0 Å². The molecule has 0 amide bonds. The summed E-state index contributed by atoms with van der Waals surface area (Å²) in [5.74, 6) is 0. The van der Waals surface area contributed by atoms with Gasteiger partial charge in [0.15, 0.2) is 0 Å². The molecule has 0 aliphatic carbocycles. The Labute approximate surface area is 184 Å². The summed E-state index contributed by atoms with van der Waals surface area (Å²) < 4.78 is 0. The van der Waals surface area contributed by atoms with E-state index in [1.165, 1.54) is 11.1 Å². The van der Waals surface area contributed by atoms with Crippen molar-refractivity contribution in [3.8, 4) is 6.07 Å². The summed E-state index contributed by atoms with van der Waals surface area (Å²) >= 11 is 0. The summed E-state index contributed by atoms with van der Waals surface area (Å²) in [7, 11) is 0. The molecule has 31 heavy (non-hydrogen) atoms. The van der Waals surface area contributed by atoms with E-state index in [2.05, 4.69) is 65.4 Å². The first-order chi connectivity index (χ1) is 14.9. The van der Waals surface area contributed by atoms with Gasteiger partial charge in [0, 0.05) is 42.3 Å². The second-order valence-electron chi connectivity index (χ2n) is 9.38. The van der Waals surface area contributed by atoms with Gasteiger partial charge in [-0.25, -0.2) is 0 Å². The Kier molecular flexibility index (Phi) is 6.43. The van der Waals surface area contributed by atoms with Gasteiger partial charge in [-0.3, -0.25) is 4.90 Å². The van der Waals surface area contributed by atoms with Crippen LogP contribution < -0.4 is 5.32 Å². The number of aliphatic hydroxyl groups is 1. The molecule has 0 unspecified atom stereocenters. The number of hydrogen-bond donors (Lipinski definition) is 3. The van der Waals surface area contributed by atoms with Crippen LogP contribution in [0.25, 0.3) is 10.9 Å². The van der Waals surface area contributed by atoms with Crippen molar-refractivity contribution in [2.24, 2.45) is 0 Å². The molecule has 1 aromatic heterocycles. The molecule has 1 fully saturated rings. The molecule has 1 aliphatic rings. The third-order valence-corrected chi connectivity index (χ3v) is 6.31. The molecule has 0 radical (unpaired) electrons. The highest BCUT2D eigenvalue weighted by molar-refractivity contribution is 5.80. The van der Waals surface area contributed by atoms with E-state index in [1.54, 1.807) is 0 Å². The van der Waals surface area contributed by atoms with E-state index in [9.17, 15) is 5.11 Å². The average Bonchev–Trinajstić information content (AvgIpc) is 3.38. The van der Waals surface area contributed by atoms with E-state index in [4.69, 9.17) is 5.26 Å². The number of aliphatic hydroxyl groups excluding tert-OH is 1. The third-order valence-electron chi connectivity index (χ3n) is 6.31. The third kappa shape index (κ3) is 5.34. The minimum atomic E-state index is -0.427. The van der Waals surface area contributed by atoms with Crippen molar-refractivity contribution in [2.45, 2.75) is 57.3 Å². The molecule has 3 aromatic rings. The molecule has 3 N–H and O–H groups in total. The Bertz CT molecular complexity index is 1030. The molecule has 162 valence electrons. The van der Waals surface area contributed by atoms with Gasteiger partial charge in [-0.15, -0.1) is 0 Å². The minimum absolute atomic E-state index is 0.133. The van der Waals surface area contributed by atoms with Gasteiger partial charge < -0.3 is 15.4 Å². The lowest BCUT2D eigenvalue weighted by Crippen LogP contribution is -2.50. The molecule has 1 saturated heterocycles. The molecule has 2 atom stereocenters. The molecule has 1 aliphatic heterocycles. The fourth-order valence-corrected chi connectivity index (χ4v) is 4.74. The summed E-state index contributed by atoms with van der Waals surface area (Å²) in [5, 5.41) is 24.9. The highest BCUT2D eigenvalue weighted by Crippen LogP contribution is 2.24. The first-order valence-electron chi connectivity index (χ1n) is 11.2. The summed E-state index contributed by atoms with van der Waals surface area (Å²) in [6.07, 6.45) is 2.54. The van der Waals surface area contributed by atoms with E-state index in [0.717, 1.165) is 43.4 Å². The van der Waals surface area contributed by atoms with Crippen molar-refractivity contribution in [3.63, 3.8) is 0 Å². The zero-order valence-corrected chi connectivity index (χ0v) is 18.4. The standard InChI is InChI=1S/C26H32N4O/c1-26(2,15-22-14-21-9-3-4-10-23(21)29-22)28-17-25(31)24-11-6-12-30(24)18-20-8-5-7-19(13-20)16-27/h3-5,7-10,13-14,24-25,28-29,31H,6,11-12,15,17-18H2,1-2H3/t24-,25-/m1/s1. The number of hydrogen-bond acceptors (Lipinski definition) is 4. The number of para-hydroxylation sites is 1. The van der Waals surface area contributed by atoms with Crippen LogP contribution in [0.3, 0.4) is 0 Å². The van der Waals surface area contributed by atoms with Gasteiger partial charge in [0.25, 0.3) is 0 Å². The number of β-amino-alcohol motifs (C(OH)–C–C–N with tert-alkyl or cyclic N) is 1. The van der Waals surface area contributed by atoms with Gasteiger partial charge in [-0.05, 0) is 68.4 Å². The van der Waals surface area contributed by atoms with Crippen molar-refractivity contribution in [1.29, 1.82) is 5.26 Å². The monoisotopic (exact) mass is 416 g/mol. The molecular formula is C26H32N4O. The fourth-order valence-electron chi connectivity index (χ4n) is 4.74. The lowest BCUT2D eigenvalue weighted by molar-refractivity contribution is 0.0632. The maximum Gasteiger partial charge on any atom is 0.0991 e. The second-order valence-corrected chi connectivity index (χ2v) is 9.38. The number of nitrogens with zero attached hydrogens (tertiary/aromatic N) is 2. The molecule has 2 aromatic carbocycles. The molecule has 0 saturated carbocycles. The molecule has 5 nitrogen and oxygen atoms in total. The summed E-state index contributed by atoms with van der Waals surface area (Å²) in [6, 6.07) is 20.7. The van der Waals surface area contributed by atoms with Crippen molar-refractivity contribution in [1.82, 2.24) is 15.2 Å². The maximum absolute atomic E-state index is 11.0. The Morgan fingerprint density at radius 3 is 2.87 bits per heavy atom. The number of aromatic nitrogens is 1. The second kappa shape index (κ2) is 9.23. The molecule has 0 bridgehead atoms.